The third-order valence-electron chi connectivity index (χ3n) is 3.89. The normalized spacial score (nSPS) is 16.1. The average molecular weight is 307 g/mol. The number of fused-ring (bicyclic) bond motifs is 1. The molecular formula is C15H17NO2S2. The van der Waals surface area contributed by atoms with E-state index in [1.165, 1.54) is 4.88 Å². The minimum absolute atomic E-state index is 0.402. The summed E-state index contributed by atoms with van der Waals surface area (Å²) in [5, 5.41) is 2.04. The standard InChI is InChI=1S/C15H17NO2S2/c1-11-3-4-14(9-12(11)2)20(17,18)16-7-5-15-13(10-16)6-8-19-15/h3-4,6,8-9H,5,7,10H2,1-2H3. The molecule has 1 aromatic heterocycles. The van der Waals surface area contributed by atoms with E-state index in [1.807, 2.05) is 31.4 Å². The number of sulfonamides is 1. The Morgan fingerprint density at radius 3 is 2.70 bits per heavy atom. The number of hydrogen-bond donors (Lipinski definition) is 0. The molecule has 1 aromatic carbocycles. The monoisotopic (exact) mass is 307 g/mol. The molecule has 20 heavy (non-hydrogen) atoms. The minimum atomic E-state index is -3.38. The van der Waals surface area contributed by atoms with Crippen molar-refractivity contribution in [2.24, 2.45) is 0 Å². The topological polar surface area (TPSA) is 37.4 Å². The lowest BCUT2D eigenvalue weighted by molar-refractivity contribution is 0.394. The SMILES string of the molecule is Cc1ccc(S(=O)(=O)N2CCc3sccc3C2)cc1C. The van der Waals surface area contributed by atoms with E-state index in [-0.39, 0.29) is 0 Å². The van der Waals surface area contributed by atoms with E-state index < -0.39 is 10.0 Å². The second-order valence-corrected chi connectivity index (χ2v) is 8.14. The minimum Gasteiger partial charge on any atom is -0.207 e. The summed E-state index contributed by atoms with van der Waals surface area (Å²) in [5.74, 6) is 0. The van der Waals surface area contributed by atoms with Gasteiger partial charge in [-0.3, -0.25) is 0 Å². The summed E-state index contributed by atoms with van der Waals surface area (Å²) >= 11 is 1.72. The number of nitrogens with zero attached hydrogens (tertiary/aromatic N) is 1. The number of aryl methyl sites for hydroxylation is 2. The van der Waals surface area contributed by atoms with Crippen LogP contribution in [0.1, 0.15) is 21.6 Å². The van der Waals surface area contributed by atoms with Crippen LogP contribution in [0.3, 0.4) is 0 Å². The van der Waals surface area contributed by atoms with Gasteiger partial charge < -0.3 is 0 Å². The summed E-state index contributed by atoms with van der Waals surface area (Å²) in [6, 6.07) is 7.39. The smallest absolute Gasteiger partial charge is 0.207 e. The van der Waals surface area contributed by atoms with Crippen LogP contribution < -0.4 is 0 Å². The Morgan fingerprint density at radius 1 is 1.15 bits per heavy atom. The van der Waals surface area contributed by atoms with Gasteiger partial charge in [-0.05, 0) is 60.5 Å². The molecule has 0 saturated carbocycles. The Labute approximate surface area is 123 Å². The molecule has 5 heteroatoms. The molecule has 1 aliphatic heterocycles. The van der Waals surface area contributed by atoms with Crippen LogP contribution in [0.2, 0.25) is 0 Å². The van der Waals surface area contributed by atoms with Crippen LogP contribution in [0.4, 0.5) is 0 Å². The lowest BCUT2D eigenvalue weighted by Crippen LogP contribution is -2.35. The van der Waals surface area contributed by atoms with Gasteiger partial charge in [-0.2, -0.15) is 4.31 Å². The van der Waals surface area contributed by atoms with Crippen LogP contribution in [-0.4, -0.2) is 19.3 Å². The van der Waals surface area contributed by atoms with Gasteiger partial charge in [-0.15, -0.1) is 11.3 Å². The molecule has 106 valence electrons. The van der Waals surface area contributed by atoms with Gasteiger partial charge in [0, 0.05) is 18.0 Å². The van der Waals surface area contributed by atoms with Crippen LogP contribution in [0, 0.1) is 13.8 Å². The van der Waals surface area contributed by atoms with Crippen molar-refractivity contribution in [1.29, 1.82) is 0 Å². The van der Waals surface area contributed by atoms with E-state index in [0.717, 1.165) is 23.1 Å². The van der Waals surface area contributed by atoms with Gasteiger partial charge in [0.2, 0.25) is 10.0 Å². The van der Waals surface area contributed by atoms with Crippen molar-refractivity contribution in [3.8, 4) is 0 Å². The van der Waals surface area contributed by atoms with Crippen molar-refractivity contribution in [1.82, 2.24) is 4.31 Å². The van der Waals surface area contributed by atoms with Crippen molar-refractivity contribution in [3.63, 3.8) is 0 Å². The predicted octanol–water partition coefficient (Wildman–Crippen LogP) is 3.11. The van der Waals surface area contributed by atoms with Crippen molar-refractivity contribution in [2.75, 3.05) is 6.54 Å². The Balaban J connectivity index is 1.95. The molecule has 0 radical (unpaired) electrons. The number of thiophene rings is 1. The summed E-state index contributed by atoms with van der Waals surface area (Å²) in [7, 11) is -3.38. The van der Waals surface area contributed by atoms with Crippen molar-refractivity contribution in [2.45, 2.75) is 31.7 Å². The Morgan fingerprint density at radius 2 is 1.95 bits per heavy atom. The van der Waals surface area contributed by atoms with Crippen molar-refractivity contribution in [3.05, 3.63) is 51.2 Å². The largest absolute Gasteiger partial charge is 0.243 e. The highest BCUT2D eigenvalue weighted by atomic mass is 32.2. The second-order valence-electron chi connectivity index (χ2n) is 5.20. The molecule has 0 atom stereocenters. The van der Waals surface area contributed by atoms with Gasteiger partial charge >= 0.3 is 0 Å². The predicted molar refractivity (Wildman–Crippen MR) is 81.5 cm³/mol. The lowest BCUT2D eigenvalue weighted by atomic mass is 10.1. The van der Waals surface area contributed by atoms with Crippen LogP contribution in [0.5, 0.6) is 0 Å². The molecular weight excluding hydrogens is 290 g/mol. The maximum Gasteiger partial charge on any atom is 0.243 e. The molecule has 0 N–H and O–H groups in total. The summed E-state index contributed by atoms with van der Waals surface area (Å²) in [6.45, 7) is 5.00. The molecule has 0 fully saturated rings. The van der Waals surface area contributed by atoms with E-state index in [9.17, 15) is 8.42 Å². The molecule has 3 nitrogen and oxygen atoms in total. The van der Waals surface area contributed by atoms with Gasteiger partial charge in [-0.25, -0.2) is 8.42 Å². The first-order valence-corrected chi connectivity index (χ1v) is 8.93. The number of hydrogen-bond acceptors (Lipinski definition) is 3. The van der Waals surface area contributed by atoms with Gasteiger partial charge in [0.25, 0.3) is 0 Å². The van der Waals surface area contributed by atoms with Crippen molar-refractivity contribution < 1.29 is 8.42 Å². The van der Waals surface area contributed by atoms with E-state index in [1.54, 1.807) is 27.8 Å². The van der Waals surface area contributed by atoms with Gasteiger partial charge in [-0.1, -0.05) is 6.07 Å². The Kier molecular flexibility index (Phi) is 3.44. The maximum atomic E-state index is 12.7. The highest BCUT2D eigenvalue weighted by Gasteiger charge is 2.28. The zero-order chi connectivity index (χ0) is 14.3. The molecule has 2 aromatic rings. The summed E-state index contributed by atoms with van der Waals surface area (Å²) in [4.78, 5) is 1.72. The van der Waals surface area contributed by atoms with Crippen LogP contribution in [-0.2, 0) is 23.0 Å². The van der Waals surface area contributed by atoms with E-state index in [2.05, 4.69) is 0 Å². The Bertz CT molecular complexity index is 747. The number of rotatable bonds is 2. The quantitative estimate of drug-likeness (QED) is 0.855. The highest BCUT2D eigenvalue weighted by molar-refractivity contribution is 7.89. The van der Waals surface area contributed by atoms with Gasteiger partial charge in [0.15, 0.2) is 0 Å². The molecule has 0 saturated heterocycles. The van der Waals surface area contributed by atoms with Crippen molar-refractivity contribution >= 4 is 21.4 Å². The first kappa shape index (κ1) is 13.8. The summed E-state index contributed by atoms with van der Waals surface area (Å²) in [6.07, 6.45) is 0.817. The molecule has 0 amide bonds. The fourth-order valence-corrected chi connectivity index (χ4v) is 4.85. The molecule has 2 heterocycles. The fourth-order valence-electron chi connectivity index (χ4n) is 2.45. The third-order valence-corrected chi connectivity index (χ3v) is 6.75. The Hall–Kier alpha value is -1.17. The van der Waals surface area contributed by atoms with Gasteiger partial charge in [0.1, 0.15) is 0 Å². The molecule has 0 unspecified atom stereocenters. The zero-order valence-electron chi connectivity index (χ0n) is 11.6. The fraction of sp³-hybridized carbons (Fsp3) is 0.333. The lowest BCUT2D eigenvalue weighted by Gasteiger charge is -2.26. The zero-order valence-corrected chi connectivity index (χ0v) is 13.2. The molecule has 1 aliphatic rings. The molecule has 0 spiro atoms. The average Bonchev–Trinajstić information content (AvgIpc) is 2.89. The van der Waals surface area contributed by atoms with E-state index in [0.29, 0.717) is 18.0 Å². The maximum absolute atomic E-state index is 12.7. The van der Waals surface area contributed by atoms with Crippen LogP contribution >= 0.6 is 11.3 Å². The van der Waals surface area contributed by atoms with Gasteiger partial charge in [0.05, 0.1) is 4.90 Å². The summed E-state index contributed by atoms with van der Waals surface area (Å²) < 4.78 is 27.0. The first-order chi connectivity index (χ1) is 9.48. The number of benzene rings is 1. The molecule has 0 bridgehead atoms. The molecule has 3 rings (SSSR count). The molecule has 0 aliphatic carbocycles. The van der Waals surface area contributed by atoms with Crippen LogP contribution in [0.25, 0.3) is 0 Å². The van der Waals surface area contributed by atoms with E-state index >= 15 is 0 Å². The second kappa shape index (κ2) is 4.98. The van der Waals surface area contributed by atoms with Crippen LogP contribution in [0.15, 0.2) is 34.5 Å². The first-order valence-electron chi connectivity index (χ1n) is 6.61. The summed E-state index contributed by atoms with van der Waals surface area (Å²) in [5.41, 5.74) is 3.27. The third kappa shape index (κ3) is 2.30. The van der Waals surface area contributed by atoms with E-state index in [4.69, 9.17) is 0 Å². The highest BCUT2D eigenvalue weighted by Crippen LogP contribution is 2.28.